The van der Waals surface area contributed by atoms with Gasteiger partial charge in [-0.1, -0.05) is 39.8 Å². The lowest BCUT2D eigenvalue weighted by Crippen LogP contribution is -2.47. The average Bonchev–Trinajstić information content (AvgIpc) is 2.57. The molecule has 0 fully saturated rings. The number of allylic oxidation sites excluding steroid dienone is 1. The highest BCUT2D eigenvalue weighted by molar-refractivity contribution is 6.77. The van der Waals surface area contributed by atoms with Crippen molar-refractivity contribution in [3.63, 3.8) is 0 Å². The smallest absolute Gasteiger partial charge is 0.259 e. The molecule has 0 atom stereocenters. The molecule has 0 amide bonds. The Hall–Kier alpha value is -1.22. The molecule has 0 aliphatic carbocycles. The van der Waals surface area contributed by atoms with Crippen LogP contribution in [-0.4, -0.2) is 15.4 Å². The van der Waals surface area contributed by atoms with E-state index in [1.165, 1.54) is 0 Å². The monoisotopic (exact) mass is 276 g/mol. The Kier molecular flexibility index (Phi) is 4.04. The molecular weight excluding hydrogens is 252 g/mol. The summed E-state index contributed by atoms with van der Waals surface area (Å²) in [4.78, 5) is 0. The highest BCUT2D eigenvalue weighted by Crippen LogP contribution is 2.42. The topological polar surface area (TPSA) is 18.5 Å². The molecule has 1 aliphatic heterocycles. The van der Waals surface area contributed by atoms with Crippen molar-refractivity contribution in [1.29, 1.82) is 0 Å². The van der Waals surface area contributed by atoms with Crippen LogP contribution in [0.5, 0.6) is 11.5 Å². The van der Waals surface area contributed by atoms with Gasteiger partial charge in [-0.15, -0.1) is 0 Å². The van der Waals surface area contributed by atoms with E-state index < -0.39 is 8.32 Å². The summed E-state index contributed by atoms with van der Waals surface area (Å²) in [5.41, 5.74) is 2.35. The second-order valence-corrected chi connectivity index (χ2v) is 10.7. The Labute approximate surface area is 117 Å². The lowest BCUT2D eigenvalue weighted by molar-refractivity contribution is 0.410. The fraction of sp³-hybridized carbons (Fsp3) is 0.500. The summed E-state index contributed by atoms with van der Waals surface area (Å²) >= 11 is 0. The van der Waals surface area contributed by atoms with Gasteiger partial charge < -0.3 is 9.16 Å². The number of ether oxygens (including phenoxy) is 1. The first-order valence-electron chi connectivity index (χ1n) is 7.03. The second kappa shape index (κ2) is 5.41. The maximum Gasteiger partial charge on any atom is 0.259 e. The summed E-state index contributed by atoms with van der Waals surface area (Å²) in [7, 11) is -0.119. The fourth-order valence-corrected chi connectivity index (χ4v) is 6.76. The van der Waals surface area contributed by atoms with Gasteiger partial charge in [0.05, 0.1) is 7.11 Å². The minimum Gasteiger partial charge on any atom is -0.542 e. The van der Waals surface area contributed by atoms with E-state index in [2.05, 4.69) is 45.9 Å². The van der Waals surface area contributed by atoms with Crippen molar-refractivity contribution in [3.8, 4) is 11.5 Å². The maximum absolute atomic E-state index is 6.61. The highest BCUT2D eigenvalue weighted by atomic mass is 28.4. The number of rotatable bonds is 3. The molecule has 19 heavy (non-hydrogen) atoms. The normalized spacial score (nSPS) is 17.0. The van der Waals surface area contributed by atoms with Gasteiger partial charge in [0.1, 0.15) is 11.5 Å². The van der Waals surface area contributed by atoms with E-state index in [1.807, 2.05) is 12.1 Å². The number of methoxy groups -OCH3 is 1. The van der Waals surface area contributed by atoms with Crippen molar-refractivity contribution in [2.45, 2.75) is 44.8 Å². The number of fused-ring (bicyclic) bond motifs is 1. The molecule has 2 nitrogen and oxygen atoms in total. The molecule has 1 aromatic carbocycles. The van der Waals surface area contributed by atoms with Crippen molar-refractivity contribution in [2.24, 2.45) is 0 Å². The highest BCUT2D eigenvalue weighted by Gasteiger charge is 2.44. The van der Waals surface area contributed by atoms with Gasteiger partial charge in [-0.2, -0.15) is 0 Å². The molecule has 0 N–H and O–H groups in total. The minimum absolute atomic E-state index is 0.592. The van der Waals surface area contributed by atoms with E-state index in [9.17, 15) is 0 Å². The zero-order chi connectivity index (χ0) is 14.0. The quantitative estimate of drug-likeness (QED) is 0.734. The average molecular weight is 276 g/mol. The lowest BCUT2D eigenvalue weighted by Gasteiger charge is -2.37. The molecule has 0 aromatic heterocycles. The molecule has 1 aromatic rings. The van der Waals surface area contributed by atoms with Crippen LogP contribution >= 0.6 is 0 Å². The molecule has 3 heteroatoms. The third-order valence-electron chi connectivity index (χ3n) is 4.21. The zero-order valence-electron chi connectivity index (χ0n) is 12.6. The van der Waals surface area contributed by atoms with Gasteiger partial charge in [-0.3, -0.25) is 0 Å². The van der Waals surface area contributed by atoms with E-state index in [-0.39, 0.29) is 0 Å². The van der Waals surface area contributed by atoms with Crippen LogP contribution in [0.25, 0.3) is 6.08 Å². The molecule has 1 heterocycles. The minimum atomic E-state index is -1.82. The molecule has 0 spiro atoms. The van der Waals surface area contributed by atoms with Crippen molar-refractivity contribution in [1.82, 2.24) is 0 Å². The van der Waals surface area contributed by atoms with Crippen LogP contribution in [0.2, 0.25) is 17.1 Å². The predicted molar refractivity (Wildman–Crippen MR) is 83.4 cm³/mol. The Bertz CT molecular complexity index is 470. The fourth-order valence-electron chi connectivity index (χ4n) is 2.86. The Morgan fingerprint density at radius 1 is 1.16 bits per heavy atom. The van der Waals surface area contributed by atoms with Crippen LogP contribution in [0.1, 0.15) is 33.3 Å². The van der Waals surface area contributed by atoms with Crippen LogP contribution in [0.4, 0.5) is 0 Å². The third-order valence-corrected chi connectivity index (χ3v) is 9.59. The predicted octanol–water partition coefficient (Wildman–Crippen LogP) is 4.87. The molecule has 1 aliphatic rings. The lowest BCUT2D eigenvalue weighted by atomic mass is 10.2. The molecule has 0 bridgehead atoms. The molecule has 0 unspecified atom stereocenters. The Morgan fingerprint density at radius 3 is 2.42 bits per heavy atom. The van der Waals surface area contributed by atoms with Crippen molar-refractivity contribution >= 4 is 14.4 Å². The summed E-state index contributed by atoms with van der Waals surface area (Å²) in [6.07, 6.45) is 4.48. The van der Waals surface area contributed by atoms with E-state index in [0.717, 1.165) is 23.1 Å². The first-order chi connectivity index (χ1) is 8.99. The number of benzene rings is 1. The van der Waals surface area contributed by atoms with Crippen molar-refractivity contribution in [2.75, 3.05) is 7.11 Å². The molecule has 0 saturated heterocycles. The first kappa shape index (κ1) is 14.2. The van der Waals surface area contributed by atoms with Crippen molar-refractivity contribution < 1.29 is 9.16 Å². The second-order valence-electron chi connectivity index (χ2n) is 5.88. The largest absolute Gasteiger partial charge is 0.542 e. The van der Waals surface area contributed by atoms with Crippen LogP contribution < -0.4 is 9.16 Å². The van der Waals surface area contributed by atoms with Gasteiger partial charge in [0.25, 0.3) is 8.32 Å². The van der Waals surface area contributed by atoms with Crippen molar-refractivity contribution in [3.05, 3.63) is 29.8 Å². The third kappa shape index (κ3) is 2.57. The Balaban J connectivity index is 2.46. The summed E-state index contributed by atoms with van der Waals surface area (Å²) in [6.45, 7) is 9.19. The zero-order valence-corrected chi connectivity index (χ0v) is 13.6. The van der Waals surface area contributed by atoms with E-state index in [1.54, 1.807) is 7.11 Å². The summed E-state index contributed by atoms with van der Waals surface area (Å²) in [5, 5.41) is 0. The first-order valence-corrected chi connectivity index (χ1v) is 9.30. The molecular formula is C16H24O2Si. The summed E-state index contributed by atoms with van der Waals surface area (Å²) in [6, 6.07) is 7.18. The Morgan fingerprint density at radius 2 is 1.84 bits per heavy atom. The van der Waals surface area contributed by atoms with Gasteiger partial charge in [-0.05, 0) is 29.3 Å². The van der Waals surface area contributed by atoms with E-state index in [4.69, 9.17) is 9.16 Å². The number of hydrogen-bond acceptors (Lipinski definition) is 2. The van der Waals surface area contributed by atoms with Gasteiger partial charge in [0.15, 0.2) is 0 Å². The van der Waals surface area contributed by atoms with Gasteiger partial charge in [0, 0.05) is 11.6 Å². The van der Waals surface area contributed by atoms with Gasteiger partial charge in [0.2, 0.25) is 0 Å². The van der Waals surface area contributed by atoms with E-state index >= 15 is 0 Å². The SMILES string of the molecule is COc1ccc2c(c1)O[Si](C(C)C)(C(C)C)CC=C2. The molecule has 0 radical (unpaired) electrons. The summed E-state index contributed by atoms with van der Waals surface area (Å²) in [5.74, 6) is 1.85. The van der Waals surface area contributed by atoms with Crippen LogP contribution in [-0.2, 0) is 0 Å². The molecule has 104 valence electrons. The van der Waals surface area contributed by atoms with E-state index in [0.29, 0.717) is 11.1 Å². The van der Waals surface area contributed by atoms with Crippen LogP contribution in [0, 0.1) is 0 Å². The summed E-state index contributed by atoms with van der Waals surface area (Å²) < 4.78 is 11.9. The maximum atomic E-state index is 6.61. The van der Waals surface area contributed by atoms with Gasteiger partial charge >= 0.3 is 0 Å². The molecule has 0 saturated carbocycles. The molecule has 2 rings (SSSR count). The van der Waals surface area contributed by atoms with Crippen LogP contribution in [0.3, 0.4) is 0 Å². The van der Waals surface area contributed by atoms with Crippen LogP contribution in [0.15, 0.2) is 24.3 Å². The number of hydrogen-bond donors (Lipinski definition) is 0. The standard InChI is InChI=1S/C16H24O2Si/c1-12(2)19(13(3)4)10-6-7-14-8-9-15(17-5)11-16(14)18-19/h6-9,11-13H,10H2,1-5H3. The van der Waals surface area contributed by atoms with Gasteiger partial charge in [-0.25, -0.2) is 0 Å².